The fraction of sp³-hybridized carbons (Fsp3) is 0.600. The molecule has 0 bridgehead atoms. The van der Waals surface area contributed by atoms with Crippen molar-refractivity contribution in [3.05, 3.63) is 18.2 Å². The summed E-state index contributed by atoms with van der Waals surface area (Å²) in [5.41, 5.74) is 7.64. The Bertz CT molecular complexity index is 402. The minimum absolute atomic E-state index is 0.565. The number of nitrogens with zero attached hydrogens (tertiary/aromatic N) is 1. The maximum atomic E-state index is 5.87. The number of nitrogen functional groups attached to an aromatic ring is 1. The molecule has 106 valence electrons. The summed E-state index contributed by atoms with van der Waals surface area (Å²) in [6, 6.07) is 6.45. The molecule has 19 heavy (non-hydrogen) atoms. The Kier molecular flexibility index (Phi) is 4.91. The zero-order valence-corrected chi connectivity index (χ0v) is 12.0. The molecule has 0 aliphatic carbocycles. The van der Waals surface area contributed by atoms with E-state index < -0.39 is 0 Å². The third-order valence-corrected chi connectivity index (χ3v) is 3.68. The molecule has 1 fully saturated rings. The number of benzene rings is 1. The topological polar surface area (TPSA) is 50.5 Å². The Hall–Kier alpha value is -1.42. The third-order valence-electron chi connectivity index (χ3n) is 3.68. The molecule has 1 aromatic carbocycles. The van der Waals surface area contributed by atoms with E-state index in [2.05, 4.69) is 17.1 Å². The Morgan fingerprint density at radius 2 is 2.11 bits per heavy atom. The molecule has 4 heteroatoms. The van der Waals surface area contributed by atoms with Crippen molar-refractivity contribution < 1.29 is 4.74 Å². The van der Waals surface area contributed by atoms with Gasteiger partial charge in [0, 0.05) is 24.3 Å². The number of hydrogen-bond acceptors (Lipinski definition) is 4. The summed E-state index contributed by atoms with van der Waals surface area (Å²) in [6.45, 7) is 8.30. The van der Waals surface area contributed by atoms with E-state index in [4.69, 9.17) is 10.5 Å². The minimum Gasteiger partial charge on any atom is -0.492 e. The lowest BCUT2D eigenvalue weighted by atomic mass is 10.2. The molecular formula is C15H25N3O. The second-order valence-electron chi connectivity index (χ2n) is 5.16. The molecule has 4 nitrogen and oxygen atoms in total. The van der Waals surface area contributed by atoms with Crippen LogP contribution in [0, 0.1) is 0 Å². The van der Waals surface area contributed by atoms with Gasteiger partial charge in [-0.25, -0.2) is 0 Å². The molecular weight excluding hydrogens is 238 g/mol. The zero-order chi connectivity index (χ0) is 13.7. The van der Waals surface area contributed by atoms with Crippen molar-refractivity contribution in [1.29, 1.82) is 0 Å². The van der Waals surface area contributed by atoms with Crippen molar-refractivity contribution in [2.75, 3.05) is 37.3 Å². The maximum Gasteiger partial charge on any atom is 0.144 e. The molecule has 0 saturated carbocycles. The molecule has 2 rings (SSSR count). The lowest BCUT2D eigenvalue weighted by Crippen LogP contribution is -2.35. The average molecular weight is 263 g/mol. The fourth-order valence-corrected chi connectivity index (χ4v) is 2.50. The highest BCUT2D eigenvalue weighted by Crippen LogP contribution is 2.25. The molecule has 0 spiro atoms. The number of rotatable bonds is 6. The van der Waals surface area contributed by atoms with E-state index >= 15 is 0 Å². The highest BCUT2D eigenvalue weighted by molar-refractivity contribution is 5.61. The molecule has 0 aromatic heterocycles. The van der Waals surface area contributed by atoms with Crippen LogP contribution in [-0.4, -0.2) is 37.2 Å². The average Bonchev–Trinajstić information content (AvgIpc) is 2.93. The van der Waals surface area contributed by atoms with E-state index in [-0.39, 0.29) is 0 Å². The van der Waals surface area contributed by atoms with Gasteiger partial charge in [0.1, 0.15) is 5.75 Å². The summed E-state index contributed by atoms with van der Waals surface area (Å²) in [5, 5.41) is 3.47. The molecule has 3 N–H and O–H groups in total. The molecule has 0 radical (unpaired) electrons. The van der Waals surface area contributed by atoms with Gasteiger partial charge in [0.2, 0.25) is 0 Å². The van der Waals surface area contributed by atoms with Crippen molar-refractivity contribution in [3.8, 4) is 5.75 Å². The number of likely N-dealkylation sites (tertiary alicyclic amines) is 1. The first-order chi connectivity index (χ1) is 9.20. The summed E-state index contributed by atoms with van der Waals surface area (Å²) in [4.78, 5) is 2.54. The second kappa shape index (κ2) is 6.66. The molecule has 1 atom stereocenters. The van der Waals surface area contributed by atoms with Crippen molar-refractivity contribution in [3.63, 3.8) is 0 Å². The van der Waals surface area contributed by atoms with E-state index in [1.54, 1.807) is 0 Å². The van der Waals surface area contributed by atoms with E-state index in [0.29, 0.717) is 18.3 Å². The fourth-order valence-electron chi connectivity index (χ4n) is 2.50. The van der Waals surface area contributed by atoms with Crippen LogP contribution >= 0.6 is 0 Å². The molecule has 1 heterocycles. The van der Waals surface area contributed by atoms with Crippen LogP contribution < -0.4 is 15.8 Å². The Balaban J connectivity index is 1.89. The van der Waals surface area contributed by atoms with Crippen LogP contribution in [0.2, 0.25) is 0 Å². The number of nitrogens with two attached hydrogens (primary N) is 1. The van der Waals surface area contributed by atoms with Crippen LogP contribution in [0.4, 0.5) is 11.4 Å². The van der Waals surface area contributed by atoms with Crippen LogP contribution in [0.1, 0.15) is 26.7 Å². The van der Waals surface area contributed by atoms with Gasteiger partial charge in [0.15, 0.2) is 0 Å². The Morgan fingerprint density at radius 3 is 2.79 bits per heavy atom. The lowest BCUT2D eigenvalue weighted by Gasteiger charge is -2.24. The van der Waals surface area contributed by atoms with E-state index in [1.165, 1.54) is 25.9 Å². The second-order valence-corrected chi connectivity index (χ2v) is 5.16. The van der Waals surface area contributed by atoms with Crippen LogP contribution in [-0.2, 0) is 0 Å². The predicted molar refractivity (Wildman–Crippen MR) is 80.8 cm³/mol. The zero-order valence-electron chi connectivity index (χ0n) is 12.0. The summed E-state index contributed by atoms with van der Waals surface area (Å²) in [7, 11) is 0. The number of hydrogen-bond donors (Lipinski definition) is 2. The van der Waals surface area contributed by atoms with Gasteiger partial charge in [-0.1, -0.05) is 0 Å². The maximum absolute atomic E-state index is 5.87. The summed E-state index contributed by atoms with van der Waals surface area (Å²) < 4.78 is 5.51. The van der Waals surface area contributed by atoms with Gasteiger partial charge in [-0.15, -0.1) is 0 Å². The highest BCUT2D eigenvalue weighted by atomic mass is 16.5. The normalized spacial score (nSPS) is 17.4. The quantitative estimate of drug-likeness (QED) is 0.775. The van der Waals surface area contributed by atoms with Gasteiger partial charge in [0.05, 0.1) is 12.3 Å². The largest absolute Gasteiger partial charge is 0.492 e. The van der Waals surface area contributed by atoms with E-state index in [0.717, 1.165) is 18.0 Å². The molecule has 0 amide bonds. The van der Waals surface area contributed by atoms with Crippen LogP contribution in [0.3, 0.4) is 0 Å². The first-order valence-electron chi connectivity index (χ1n) is 7.21. The van der Waals surface area contributed by atoms with Crippen LogP contribution in [0.15, 0.2) is 18.2 Å². The summed E-state index contributed by atoms with van der Waals surface area (Å²) >= 11 is 0. The number of anilines is 2. The van der Waals surface area contributed by atoms with Gasteiger partial charge >= 0.3 is 0 Å². The highest BCUT2D eigenvalue weighted by Gasteiger charge is 2.17. The van der Waals surface area contributed by atoms with E-state index in [1.807, 2.05) is 25.1 Å². The van der Waals surface area contributed by atoms with E-state index in [9.17, 15) is 0 Å². The first kappa shape index (κ1) is 14.0. The summed E-state index contributed by atoms with van der Waals surface area (Å²) in [6.07, 6.45) is 2.67. The van der Waals surface area contributed by atoms with Gasteiger partial charge < -0.3 is 15.8 Å². The number of nitrogens with one attached hydrogen (secondary N) is 1. The minimum atomic E-state index is 0.565. The van der Waals surface area contributed by atoms with Crippen molar-refractivity contribution in [1.82, 2.24) is 4.90 Å². The Labute approximate surface area is 115 Å². The van der Waals surface area contributed by atoms with Crippen molar-refractivity contribution >= 4 is 11.4 Å². The Morgan fingerprint density at radius 1 is 1.37 bits per heavy atom. The van der Waals surface area contributed by atoms with Crippen molar-refractivity contribution in [2.24, 2.45) is 0 Å². The molecule has 1 saturated heterocycles. The molecule has 1 aliphatic rings. The SMILES string of the molecule is CCOc1cc(NCC(C)N2CCCC2)ccc1N. The van der Waals surface area contributed by atoms with Gasteiger partial charge in [-0.05, 0) is 51.9 Å². The first-order valence-corrected chi connectivity index (χ1v) is 7.21. The van der Waals surface area contributed by atoms with Gasteiger partial charge in [-0.3, -0.25) is 4.90 Å². The third kappa shape index (κ3) is 3.77. The van der Waals surface area contributed by atoms with Crippen LogP contribution in [0.25, 0.3) is 0 Å². The van der Waals surface area contributed by atoms with Crippen LogP contribution in [0.5, 0.6) is 5.75 Å². The van der Waals surface area contributed by atoms with Gasteiger partial charge in [0.25, 0.3) is 0 Å². The molecule has 1 aromatic rings. The van der Waals surface area contributed by atoms with Gasteiger partial charge in [-0.2, -0.15) is 0 Å². The summed E-state index contributed by atoms with van der Waals surface area (Å²) in [5.74, 6) is 0.765. The number of ether oxygens (including phenoxy) is 1. The predicted octanol–water partition coefficient (Wildman–Crippen LogP) is 2.56. The standard InChI is InChI=1S/C15H25N3O/c1-3-19-15-10-13(6-7-14(15)16)17-11-12(2)18-8-4-5-9-18/h6-7,10,12,17H,3-5,8-9,11,16H2,1-2H3. The monoisotopic (exact) mass is 263 g/mol. The molecule has 1 aliphatic heterocycles. The smallest absolute Gasteiger partial charge is 0.144 e. The van der Waals surface area contributed by atoms with Crippen molar-refractivity contribution in [2.45, 2.75) is 32.7 Å². The lowest BCUT2D eigenvalue weighted by molar-refractivity contribution is 0.269. The molecule has 1 unspecified atom stereocenters.